The molecule has 0 unspecified atom stereocenters. The van der Waals surface area contributed by atoms with Gasteiger partial charge in [-0.25, -0.2) is 0 Å². The topological polar surface area (TPSA) is 43.8 Å². The fraction of sp³-hybridized carbons (Fsp3) is 0.923. The molecule has 0 amide bonds. The van der Waals surface area contributed by atoms with Gasteiger partial charge >= 0.3 is 5.97 Å². The Kier molecular flexibility index (Phi) is 4.40. The number of aliphatic carboxylic acids is 1. The van der Waals surface area contributed by atoms with E-state index >= 15 is 0 Å². The minimum absolute atomic E-state index is 0.151. The van der Waals surface area contributed by atoms with E-state index in [1.807, 2.05) is 0 Å². The van der Waals surface area contributed by atoms with Crippen molar-refractivity contribution in [3.05, 3.63) is 0 Å². The second kappa shape index (κ2) is 5.83. The third-order valence-corrected chi connectivity index (χ3v) is 4.15. The SMILES string of the molecule is C[C@@H]1CN(CCCN2CCCC2)C[C@H]1C(=O)O. The summed E-state index contributed by atoms with van der Waals surface area (Å²) in [5.41, 5.74) is 0. The van der Waals surface area contributed by atoms with Crippen LogP contribution >= 0.6 is 0 Å². The number of likely N-dealkylation sites (tertiary alicyclic amines) is 2. The second-order valence-corrected chi connectivity index (χ2v) is 5.58. The molecule has 2 saturated heterocycles. The van der Waals surface area contributed by atoms with Gasteiger partial charge in [-0.2, -0.15) is 0 Å². The van der Waals surface area contributed by atoms with E-state index in [4.69, 9.17) is 5.11 Å². The number of carboxylic acids is 1. The number of nitrogens with zero attached hydrogens (tertiary/aromatic N) is 2. The van der Waals surface area contributed by atoms with E-state index < -0.39 is 5.97 Å². The number of rotatable bonds is 5. The summed E-state index contributed by atoms with van der Waals surface area (Å²) in [5.74, 6) is -0.472. The summed E-state index contributed by atoms with van der Waals surface area (Å²) in [7, 11) is 0. The van der Waals surface area contributed by atoms with Gasteiger partial charge in [0.1, 0.15) is 0 Å². The summed E-state index contributed by atoms with van der Waals surface area (Å²) in [6.07, 6.45) is 3.88. The van der Waals surface area contributed by atoms with Gasteiger partial charge < -0.3 is 14.9 Å². The molecule has 0 bridgehead atoms. The first-order valence-electron chi connectivity index (χ1n) is 6.84. The van der Waals surface area contributed by atoms with Crippen molar-refractivity contribution in [2.75, 3.05) is 39.3 Å². The minimum atomic E-state index is -0.625. The van der Waals surface area contributed by atoms with Gasteiger partial charge in [0.15, 0.2) is 0 Å². The van der Waals surface area contributed by atoms with E-state index in [-0.39, 0.29) is 5.92 Å². The third-order valence-electron chi connectivity index (χ3n) is 4.15. The van der Waals surface area contributed by atoms with E-state index in [1.165, 1.54) is 38.9 Å². The molecule has 0 aromatic rings. The summed E-state index contributed by atoms with van der Waals surface area (Å²) < 4.78 is 0. The van der Waals surface area contributed by atoms with Crippen LogP contribution in [0.2, 0.25) is 0 Å². The number of carboxylic acid groups (broad SMARTS) is 1. The average molecular weight is 240 g/mol. The van der Waals surface area contributed by atoms with Crippen LogP contribution in [0.4, 0.5) is 0 Å². The smallest absolute Gasteiger partial charge is 0.308 e. The largest absolute Gasteiger partial charge is 0.481 e. The van der Waals surface area contributed by atoms with E-state index in [0.29, 0.717) is 5.92 Å². The summed E-state index contributed by atoms with van der Waals surface area (Å²) in [5, 5.41) is 9.06. The molecule has 1 N–H and O–H groups in total. The highest BCUT2D eigenvalue weighted by Gasteiger charge is 2.34. The predicted molar refractivity (Wildman–Crippen MR) is 67.0 cm³/mol. The average Bonchev–Trinajstić information content (AvgIpc) is 2.88. The molecular weight excluding hydrogens is 216 g/mol. The highest BCUT2D eigenvalue weighted by Crippen LogP contribution is 2.23. The highest BCUT2D eigenvalue weighted by molar-refractivity contribution is 5.71. The summed E-state index contributed by atoms with van der Waals surface area (Å²) >= 11 is 0. The molecule has 4 nitrogen and oxygen atoms in total. The quantitative estimate of drug-likeness (QED) is 0.782. The lowest BCUT2D eigenvalue weighted by Crippen LogP contribution is -2.28. The molecule has 0 aromatic carbocycles. The lowest BCUT2D eigenvalue weighted by Gasteiger charge is -2.18. The Morgan fingerprint density at radius 2 is 1.82 bits per heavy atom. The van der Waals surface area contributed by atoms with Crippen LogP contribution in [-0.2, 0) is 4.79 Å². The molecule has 17 heavy (non-hydrogen) atoms. The Bertz CT molecular complexity index is 264. The second-order valence-electron chi connectivity index (χ2n) is 5.58. The number of hydrogen-bond donors (Lipinski definition) is 1. The van der Waals surface area contributed by atoms with Crippen LogP contribution in [0, 0.1) is 11.8 Å². The van der Waals surface area contributed by atoms with Crippen molar-refractivity contribution in [1.29, 1.82) is 0 Å². The molecule has 4 heteroatoms. The Morgan fingerprint density at radius 3 is 2.41 bits per heavy atom. The van der Waals surface area contributed by atoms with Gasteiger partial charge in [-0.3, -0.25) is 4.79 Å². The highest BCUT2D eigenvalue weighted by atomic mass is 16.4. The number of hydrogen-bond acceptors (Lipinski definition) is 3. The molecule has 2 rings (SSSR count). The van der Waals surface area contributed by atoms with E-state index in [0.717, 1.165) is 19.6 Å². The van der Waals surface area contributed by atoms with Crippen LogP contribution in [0.1, 0.15) is 26.2 Å². The molecule has 0 spiro atoms. The van der Waals surface area contributed by atoms with Crippen molar-refractivity contribution in [2.24, 2.45) is 11.8 Å². The van der Waals surface area contributed by atoms with Crippen LogP contribution in [-0.4, -0.2) is 60.1 Å². The van der Waals surface area contributed by atoms with Crippen molar-refractivity contribution >= 4 is 5.97 Å². The van der Waals surface area contributed by atoms with Gasteiger partial charge in [-0.15, -0.1) is 0 Å². The van der Waals surface area contributed by atoms with Crippen molar-refractivity contribution in [3.63, 3.8) is 0 Å². The summed E-state index contributed by atoms with van der Waals surface area (Å²) in [4.78, 5) is 15.8. The molecule has 0 saturated carbocycles. The Hall–Kier alpha value is -0.610. The zero-order valence-electron chi connectivity index (χ0n) is 10.8. The van der Waals surface area contributed by atoms with Gasteiger partial charge in [0.05, 0.1) is 5.92 Å². The van der Waals surface area contributed by atoms with E-state index in [1.54, 1.807) is 0 Å². The lowest BCUT2D eigenvalue weighted by atomic mass is 9.99. The molecular formula is C13H24N2O2. The molecule has 0 aliphatic carbocycles. The van der Waals surface area contributed by atoms with Crippen LogP contribution in [0.5, 0.6) is 0 Å². The summed E-state index contributed by atoms with van der Waals surface area (Å²) in [6, 6.07) is 0. The van der Waals surface area contributed by atoms with Gasteiger partial charge in [0.25, 0.3) is 0 Å². The van der Waals surface area contributed by atoms with E-state index in [9.17, 15) is 4.79 Å². The molecule has 2 heterocycles. The van der Waals surface area contributed by atoms with Crippen molar-refractivity contribution in [2.45, 2.75) is 26.2 Å². The van der Waals surface area contributed by atoms with Crippen molar-refractivity contribution in [3.8, 4) is 0 Å². The number of carbonyl (C=O) groups is 1. The van der Waals surface area contributed by atoms with Crippen LogP contribution < -0.4 is 0 Å². The molecule has 0 radical (unpaired) electrons. The van der Waals surface area contributed by atoms with Crippen molar-refractivity contribution in [1.82, 2.24) is 9.80 Å². The molecule has 2 fully saturated rings. The van der Waals surface area contributed by atoms with Gasteiger partial charge in [0, 0.05) is 13.1 Å². The van der Waals surface area contributed by atoms with Crippen LogP contribution in [0.3, 0.4) is 0 Å². The first-order valence-corrected chi connectivity index (χ1v) is 6.84. The fourth-order valence-electron chi connectivity index (χ4n) is 3.10. The van der Waals surface area contributed by atoms with Crippen LogP contribution in [0.25, 0.3) is 0 Å². The van der Waals surface area contributed by atoms with Crippen LogP contribution in [0.15, 0.2) is 0 Å². The molecule has 98 valence electrons. The monoisotopic (exact) mass is 240 g/mol. The third kappa shape index (κ3) is 3.42. The zero-order valence-corrected chi connectivity index (χ0v) is 10.8. The maximum Gasteiger partial charge on any atom is 0.308 e. The molecule has 2 aliphatic rings. The zero-order chi connectivity index (χ0) is 12.3. The van der Waals surface area contributed by atoms with E-state index in [2.05, 4.69) is 16.7 Å². The van der Waals surface area contributed by atoms with Gasteiger partial charge in [0.2, 0.25) is 0 Å². The molecule has 2 aliphatic heterocycles. The standard InChI is InChI=1S/C13H24N2O2/c1-11-9-15(10-12(11)13(16)17)8-4-7-14-5-2-3-6-14/h11-12H,2-10H2,1H3,(H,16,17)/t11-,12-/m1/s1. The predicted octanol–water partition coefficient (Wildman–Crippen LogP) is 1.12. The maximum absolute atomic E-state index is 11.0. The Morgan fingerprint density at radius 1 is 1.18 bits per heavy atom. The molecule has 0 aromatic heterocycles. The Balaban J connectivity index is 1.65. The minimum Gasteiger partial charge on any atom is -0.481 e. The van der Waals surface area contributed by atoms with Gasteiger partial charge in [-0.1, -0.05) is 6.92 Å². The first kappa shape index (κ1) is 12.8. The first-order chi connectivity index (χ1) is 8.16. The van der Waals surface area contributed by atoms with Gasteiger partial charge in [-0.05, 0) is 51.4 Å². The lowest BCUT2D eigenvalue weighted by molar-refractivity contribution is -0.142. The Labute approximate surface area is 104 Å². The summed E-state index contributed by atoms with van der Waals surface area (Å²) in [6.45, 7) is 8.52. The normalized spacial score (nSPS) is 31.1. The van der Waals surface area contributed by atoms with Crippen molar-refractivity contribution < 1.29 is 9.90 Å². The maximum atomic E-state index is 11.0. The fourth-order valence-corrected chi connectivity index (χ4v) is 3.10. The molecule has 2 atom stereocenters.